The highest BCUT2D eigenvalue weighted by molar-refractivity contribution is 5.99. The van der Waals surface area contributed by atoms with E-state index in [2.05, 4.69) is 0 Å². The number of carboxylic acids is 1. The first kappa shape index (κ1) is 6.99. The Morgan fingerprint density at radius 1 is 1.50 bits per heavy atom. The average Bonchev–Trinajstić information content (AvgIpc) is 1.88. The summed E-state index contributed by atoms with van der Waals surface area (Å²) in [5.41, 5.74) is 0.247. The zero-order chi connectivity index (χ0) is 7.56. The Morgan fingerprint density at radius 2 is 2.20 bits per heavy atom. The van der Waals surface area contributed by atoms with Gasteiger partial charge in [-0.1, -0.05) is 0 Å². The van der Waals surface area contributed by atoms with Gasteiger partial charge in [0.1, 0.15) is 0 Å². The first-order chi connectivity index (χ1) is 4.70. The van der Waals surface area contributed by atoms with Gasteiger partial charge < -0.3 is 5.11 Å². The molecule has 3 heteroatoms. The Morgan fingerprint density at radius 3 is 2.60 bits per heavy atom. The molecule has 0 aromatic rings. The number of carbonyl (C=O) groups is 2. The molecule has 0 bridgehead atoms. The number of rotatable bonds is 1. The summed E-state index contributed by atoms with van der Waals surface area (Å²) in [7, 11) is 0. The third-order valence-corrected chi connectivity index (χ3v) is 1.48. The predicted octanol–water partition coefficient (Wildman–Crippen LogP) is 0.750. The van der Waals surface area contributed by atoms with Crippen LogP contribution >= 0.6 is 0 Å². The number of aliphatic carboxylic acids is 1. The lowest BCUT2D eigenvalue weighted by atomic mass is 9.99. The normalized spacial score (nSPS) is 18.4. The molecule has 1 aliphatic carbocycles. The summed E-state index contributed by atoms with van der Waals surface area (Å²) < 4.78 is 0. The Kier molecular flexibility index (Phi) is 1.85. The lowest BCUT2D eigenvalue weighted by Gasteiger charge is -2.05. The van der Waals surface area contributed by atoms with Crippen molar-refractivity contribution in [3.63, 3.8) is 0 Å². The zero-order valence-electron chi connectivity index (χ0n) is 5.46. The summed E-state index contributed by atoms with van der Waals surface area (Å²) in [6.45, 7) is 0. The second-order valence-electron chi connectivity index (χ2n) is 2.29. The summed E-state index contributed by atoms with van der Waals surface area (Å²) in [5, 5.41) is 8.44. The zero-order valence-corrected chi connectivity index (χ0v) is 5.46. The molecule has 1 rings (SSSR count). The van der Waals surface area contributed by atoms with Crippen molar-refractivity contribution in [1.82, 2.24) is 0 Å². The van der Waals surface area contributed by atoms with Gasteiger partial charge in [0.05, 0.1) is 0 Å². The SMILES string of the molecule is O=C1C=C(C(=O)O)CCC1. The minimum atomic E-state index is -0.965. The Balaban J connectivity index is 2.75. The Hall–Kier alpha value is -1.12. The lowest BCUT2D eigenvalue weighted by Crippen LogP contribution is -2.09. The second kappa shape index (κ2) is 2.64. The third kappa shape index (κ3) is 1.43. The van der Waals surface area contributed by atoms with Crippen LogP contribution in [0.2, 0.25) is 0 Å². The van der Waals surface area contributed by atoms with Gasteiger partial charge in [-0.3, -0.25) is 4.79 Å². The fraction of sp³-hybridized carbons (Fsp3) is 0.429. The molecule has 0 atom stereocenters. The van der Waals surface area contributed by atoms with Crippen LogP contribution in [0, 0.1) is 0 Å². The molecule has 3 nitrogen and oxygen atoms in total. The summed E-state index contributed by atoms with van der Waals surface area (Å²) in [4.78, 5) is 20.9. The van der Waals surface area contributed by atoms with E-state index in [-0.39, 0.29) is 11.4 Å². The van der Waals surface area contributed by atoms with Crippen LogP contribution in [-0.4, -0.2) is 16.9 Å². The van der Waals surface area contributed by atoms with E-state index in [1.165, 1.54) is 6.08 Å². The Bertz CT molecular complexity index is 203. The number of allylic oxidation sites excluding steroid dienone is 1. The number of carbonyl (C=O) groups excluding carboxylic acids is 1. The summed E-state index contributed by atoms with van der Waals surface area (Å²) in [6, 6.07) is 0. The van der Waals surface area contributed by atoms with Gasteiger partial charge in [0.2, 0.25) is 0 Å². The van der Waals surface area contributed by atoms with Crippen LogP contribution in [0.15, 0.2) is 11.6 Å². The molecule has 10 heavy (non-hydrogen) atoms. The molecule has 1 aliphatic rings. The quantitative estimate of drug-likeness (QED) is 0.584. The molecule has 0 spiro atoms. The van der Waals surface area contributed by atoms with Crippen molar-refractivity contribution in [3.05, 3.63) is 11.6 Å². The van der Waals surface area contributed by atoms with Gasteiger partial charge in [-0.15, -0.1) is 0 Å². The maximum absolute atomic E-state index is 10.6. The van der Waals surface area contributed by atoms with Crippen LogP contribution in [0.1, 0.15) is 19.3 Å². The smallest absolute Gasteiger partial charge is 0.331 e. The molecule has 0 amide bonds. The first-order valence-electron chi connectivity index (χ1n) is 3.17. The number of ketones is 1. The van der Waals surface area contributed by atoms with Crippen LogP contribution < -0.4 is 0 Å². The van der Waals surface area contributed by atoms with Crippen LogP contribution in [0.25, 0.3) is 0 Å². The molecule has 0 aromatic heterocycles. The standard InChI is InChI=1S/C7H8O3/c8-6-3-1-2-5(4-6)7(9)10/h4H,1-3H2,(H,9,10). The molecule has 0 aromatic carbocycles. The third-order valence-electron chi connectivity index (χ3n) is 1.48. The largest absolute Gasteiger partial charge is 0.478 e. The maximum atomic E-state index is 10.6. The van der Waals surface area contributed by atoms with Crippen molar-refractivity contribution >= 4 is 11.8 Å². The van der Waals surface area contributed by atoms with Crippen molar-refractivity contribution in [2.75, 3.05) is 0 Å². The molecular formula is C7H8O3. The molecule has 0 radical (unpaired) electrons. The van der Waals surface area contributed by atoms with Crippen molar-refractivity contribution in [2.45, 2.75) is 19.3 Å². The highest BCUT2D eigenvalue weighted by Gasteiger charge is 2.14. The highest BCUT2D eigenvalue weighted by atomic mass is 16.4. The number of hydrogen-bond acceptors (Lipinski definition) is 2. The molecule has 0 fully saturated rings. The van der Waals surface area contributed by atoms with Gasteiger partial charge >= 0.3 is 5.97 Å². The second-order valence-corrected chi connectivity index (χ2v) is 2.29. The van der Waals surface area contributed by atoms with Gasteiger partial charge in [0.25, 0.3) is 0 Å². The monoisotopic (exact) mass is 140 g/mol. The fourth-order valence-electron chi connectivity index (χ4n) is 0.960. The van der Waals surface area contributed by atoms with Gasteiger partial charge in [-0.25, -0.2) is 4.79 Å². The van der Waals surface area contributed by atoms with Crippen LogP contribution in [0.4, 0.5) is 0 Å². The van der Waals surface area contributed by atoms with Crippen molar-refractivity contribution in [2.24, 2.45) is 0 Å². The molecule has 0 saturated heterocycles. The minimum absolute atomic E-state index is 0.0661. The average molecular weight is 140 g/mol. The van der Waals surface area contributed by atoms with Crippen LogP contribution in [0.5, 0.6) is 0 Å². The van der Waals surface area contributed by atoms with E-state index in [0.29, 0.717) is 19.3 Å². The van der Waals surface area contributed by atoms with Gasteiger partial charge in [-0.2, -0.15) is 0 Å². The van der Waals surface area contributed by atoms with Crippen molar-refractivity contribution in [1.29, 1.82) is 0 Å². The molecule has 0 saturated carbocycles. The first-order valence-corrected chi connectivity index (χ1v) is 3.17. The molecule has 54 valence electrons. The summed E-state index contributed by atoms with van der Waals surface area (Å²) >= 11 is 0. The van der Waals surface area contributed by atoms with Gasteiger partial charge in [0.15, 0.2) is 5.78 Å². The maximum Gasteiger partial charge on any atom is 0.331 e. The van der Waals surface area contributed by atoms with E-state index < -0.39 is 5.97 Å². The van der Waals surface area contributed by atoms with E-state index in [4.69, 9.17) is 5.11 Å². The van der Waals surface area contributed by atoms with Gasteiger partial charge in [-0.05, 0) is 18.9 Å². The molecule has 1 N–H and O–H groups in total. The number of hydrogen-bond donors (Lipinski definition) is 1. The van der Waals surface area contributed by atoms with E-state index in [0.717, 1.165) is 0 Å². The minimum Gasteiger partial charge on any atom is -0.478 e. The predicted molar refractivity (Wildman–Crippen MR) is 34.6 cm³/mol. The topological polar surface area (TPSA) is 54.4 Å². The van der Waals surface area contributed by atoms with Crippen LogP contribution in [-0.2, 0) is 9.59 Å². The van der Waals surface area contributed by atoms with E-state index in [9.17, 15) is 9.59 Å². The van der Waals surface area contributed by atoms with Crippen LogP contribution in [0.3, 0.4) is 0 Å². The van der Waals surface area contributed by atoms with E-state index >= 15 is 0 Å². The van der Waals surface area contributed by atoms with E-state index in [1.54, 1.807) is 0 Å². The Labute approximate surface area is 58.4 Å². The molecular weight excluding hydrogens is 132 g/mol. The van der Waals surface area contributed by atoms with Crippen molar-refractivity contribution in [3.8, 4) is 0 Å². The highest BCUT2D eigenvalue weighted by Crippen LogP contribution is 2.14. The lowest BCUT2D eigenvalue weighted by molar-refractivity contribution is -0.133. The molecule has 0 heterocycles. The summed E-state index contributed by atoms with van der Waals surface area (Å²) in [6.07, 6.45) is 2.93. The fourth-order valence-corrected chi connectivity index (χ4v) is 0.960. The summed E-state index contributed by atoms with van der Waals surface area (Å²) in [5.74, 6) is -1.03. The molecule has 0 unspecified atom stereocenters. The molecule has 0 aliphatic heterocycles. The van der Waals surface area contributed by atoms with Gasteiger partial charge in [0, 0.05) is 12.0 Å². The number of carboxylic acid groups (broad SMARTS) is 1. The van der Waals surface area contributed by atoms with E-state index in [1.807, 2.05) is 0 Å². The van der Waals surface area contributed by atoms with Crippen molar-refractivity contribution < 1.29 is 14.7 Å².